The van der Waals surface area contributed by atoms with E-state index in [2.05, 4.69) is 19.1 Å². The van der Waals surface area contributed by atoms with Gasteiger partial charge in [0.25, 0.3) is 6.47 Å². The maximum absolute atomic E-state index is 12.5. The fourth-order valence-corrected chi connectivity index (χ4v) is 6.81. The van der Waals surface area contributed by atoms with Gasteiger partial charge in [0, 0.05) is 17.8 Å². The lowest BCUT2D eigenvalue weighted by Gasteiger charge is -2.51. The molecule has 0 saturated heterocycles. The summed E-state index contributed by atoms with van der Waals surface area (Å²) in [6, 6.07) is 0. The number of allylic oxidation sites excluding steroid dienone is 5. The smallest absolute Gasteiger partial charge is 0.311 e. The lowest BCUT2D eigenvalue weighted by molar-refractivity contribution is -0.162. The Kier molecular flexibility index (Phi) is 5.75. The lowest BCUT2D eigenvalue weighted by Crippen LogP contribution is -2.46. The maximum Gasteiger partial charge on any atom is 0.311 e. The Hall–Kier alpha value is -2.17. The summed E-state index contributed by atoms with van der Waals surface area (Å²) in [5.74, 6) is 0.546. The molecule has 5 heteroatoms. The van der Waals surface area contributed by atoms with Gasteiger partial charge >= 0.3 is 5.97 Å². The molecule has 1 unspecified atom stereocenters. The predicted molar refractivity (Wildman–Crippen MR) is 122 cm³/mol. The SMILES string of the molecule is CC(OC(=O)C(C)(C)C)[C@H]1CCC2=C3C=CC4=CC(=O)CC[C@]4(COC=O)[C@H]3CC[C@@]21C. The van der Waals surface area contributed by atoms with Crippen LogP contribution >= 0.6 is 0 Å². The van der Waals surface area contributed by atoms with E-state index in [1.165, 1.54) is 11.1 Å². The zero-order chi connectivity index (χ0) is 23.3. The van der Waals surface area contributed by atoms with Crippen molar-refractivity contribution in [2.45, 2.75) is 79.2 Å². The predicted octanol–water partition coefficient (Wildman–Crippen LogP) is 5.11. The van der Waals surface area contributed by atoms with Crippen LogP contribution < -0.4 is 0 Å². The minimum atomic E-state index is -0.509. The topological polar surface area (TPSA) is 69.7 Å². The molecule has 5 nitrogen and oxygen atoms in total. The molecule has 0 spiro atoms. The Morgan fingerprint density at radius 1 is 1.22 bits per heavy atom. The average molecular weight is 441 g/mol. The third-order valence-corrected chi connectivity index (χ3v) is 8.59. The summed E-state index contributed by atoms with van der Waals surface area (Å²) in [7, 11) is 0. The Morgan fingerprint density at radius 3 is 2.66 bits per heavy atom. The van der Waals surface area contributed by atoms with Gasteiger partial charge in [0.05, 0.1) is 5.41 Å². The van der Waals surface area contributed by atoms with Crippen molar-refractivity contribution in [1.82, 2.24) is 0 Å². The van der Waals surface area contributed by atoms with Crippen LogP contribution in [-0.4, -0.2) is 30.9 Å². The minimum Gasteiger partial charge on any atom is -0.467 e. The quantitative estimate of drug-likeness (QED) is 0.439. The fourth-order valence-electron chi connectivity index (χ4n) is 6.81. The second-order valence-electron chi connectivity index (χ2n) is 11.4. The largest absolute Gasteiger partial charge is 0.467 e. The molecule has 1 fully saturated rings. The molecule has 0 aromatic heterocycles. The maximum atomic E-state index is 12.5. The molecule has 4 aliphatic rings. The lowest BCUT2D eigenvalue weighted by atomic mass is 9.53. The molecule has 32 heavy (non-hydrogen) atoms. The molecule has 0 radical (unpaired) electrons. The van der Waals surface area contributed by atoms with Crippen LogP contribution in [-0.2, 0) is 23.9 Å². The Bertz CT molecular complexity index is 917. The molecular formula is C27H36O5. The highest BCUT2D eigenvalue weighted by atomic mass is 16.5. The van der Waals surface area contributed by atoms with Gasteiger partial charge in [-0.15, -0.1) is 0 Å². The fraction of sp³-hybridized carbons (Fsp3) is 0.667. The van der Waals surface area contributed by atoms with E-state index in [-0.39, 0.29) is 40.5 Å². The number of esters is 1. The van der Waals surface area contributed by atoms with Gasteiger partial charge in [-0.05, 0) is 88.4 Å². The Morgan fingerprint density at radius 2 is 1.97 bits per heavy atom. The first-order valence-electron chi connectivity index (χ1n) is 12.0. The standard InChI is InChI=1S/C27H36O5/c1-17(32-24(30)25(2,3)4)21-8-9-22-20-7-6-18-14-19(29)10-13-27(18,15-31-16-28)23(20)11-12-26(21,22)5/h6-7,14,16-17,21,23H,8-13,15H2,1-5H3/t17?,21-,23+,26-,27-/m1/s1. The monoisotopic (exact) mass is 440 g/mol. The van der Waals surface area contributed by atoms with Crippen LogP contribution in [0.25, 0.3) is 0 Å². The minimum absolute atomic E-state index is 0.00777. The highest BCUT2D eigenvalue weighted by Gasteiger charge is 2.55. The summed E-state index contributed by atoms with van der Waals surface area (Å²) in [4.78, 5) is 35.7. The first kappa shape index (κ1) is 23.0. The number of carbonyl (C=O) groups is 3. The Labute approximate surface area is 191 Å². The van der Waals surface area contributed by atoms with Crippen LogP contribution in [0.3, 0.4) is 0 Å². The molecular weight excluding hydrogens is 404 g/mol. The molecule has 1 saturated carbocycles. The number of hydrogen-bond acceptors (Lipinski definition) is 5. The highest BCUT2D eigenvalue weighted by Crippen LogP contribution is 2.63. The van der Waals surface area contributed by atoms with Gasteiger partial charge in [0.2, 0.25) is 0 Å². The van der Waals surface area contributed by atoms with Crippen molar-refractivity contribution in [2.75, 3.05) is 6.61 Å². The molecule has 0 bridgehead atoms. The van der Waals surface area contributed by atoms with E-state index in [0.29, 0.717) is 19.5 Å². The molecule has 0 aromatic carbocycles. The first-order valence-corrected chi connectivity index (χ1v) is 12.0. The number of ether oxygens (including phenoxy) is 2. The third kappa shape index (κ3) is 3.58. The number of carbonyl (C=O) groups excluding carboxylic acids is 3. The van der Waals surface area contributed by atoms with E-state index >= 15 is 0 Å². The molecule has 0 N–H and O–H groups in total. The second-order valence-corrected chi connectivity index (χ2v) is 11.4. The van der Waals surface area contributed by atoms with Gasteiger partial charge in [-0.25, -0.2) is 0 Å². The molecule has 0 heterocycles. The van der Waals surface area contributed by atoms with Gasteiger partial charge in [-0.2, -0.15) is 0 Å². The van der Waals surface area contributed by atoms with E-state index in [4.69, 9.17) is 9.47 Å². The van der Waals surface area contributed by atoms with Crippen LogP contribution in [0.5, 0.6) is 0 Å². The van der Waals surface area contributed by atoms with Gasteiger partial charge in [-0.1, -0.05) is 24.6 Å². The van der Waals surface area contributed by atoms with E-state index in [1.807, 2.05) is 27.7 Å². The van der Waals surface area contributed by atoms with Crippen molar-refractivity contribution >= 4 is 18.2 Å². The number of ketones is 1. The zero-order valence-corrected chi connectivity index (χ0v) is 20.0. The van der Waals surface area contributed by atoms with Crippen LogP contribution in [0.2, 0.25) is 0 Å². The molecule has 4 aliphatic carbocycles. The zero-order valence-electron chi connectivity index (χ0n) is 20.0. The summed E-state index contributed by atoms with van der Waals surface area (Å²) in [6.07, 6.45) is 11.1. The summed E-state index contributed by atoms with van der Waals surface area (Å²) in [5.41, 5.74) is 3.01. The van der Waals surface area contributed by atoms with Crippen molar-refractivity contribution < 1.29 is 23.9 Å². The van der Waals surface area contributed by atoms with Gasteiger partial charge in [0.1, 0.15) is 12.7 Å². The van der Waals surface area contributed by atoms with E-state index in [1.54, 1.807) is 6.08 Å². The summed E-state index contributed by atoms with van der Waals surface area (Å²) in [6.45, 7) is 10.9. The van der Waals surface area contributed by atoms with Crippen molar-refractivity contribution in [2.24, 2.45) is 28.1 Å². The third-order valence-electron chi connectivity index (χ3n) is 8.59. The number of hydrogen-bond donors (Lipinski definition) is 0. The first-order chi connectivity index (χ1) is 15.0. The van der Waals surface area contributed by atoms with Crippen LogP contribution in [0, 0.1) is 28.1 Å². The molecule has 4 rings (SSSR count). The molecule has 0 aromatic rings. The normalized spacial score (nSPS) is 34.8. The second kappa shape index (κ2) is 8.00. The van der Waals surface area contributed by atoms with Crippen molar-refractivity contribution in [3.8, 4) is 0 Å². The summed E-state index contributed by atoms with van der Waals surface area (Å²) < 4.78 is 11.3. The molecule has 174 valence electrons. The van der Waals surface area contributed by atoms with Crippen molar-refractivity contribution in [3.05, 3.63) is 34.9 Å². The van der Waals surface area contributed by atoms with Gasteiger partial charge in [0.15, 0.2) is 5.78 Å². The number of rotatable bonds is 5. The van der Waals surface area contributed by atoms with E-state index in [0.717, 1.165) is 37.7 Å². The van der Waals surface area contributed by atoms with E-state index < -0.39 is 5.41 Å². The summed E-state index contributed by atoms with van der Waals surface area (Å²) >= 11 is 0. The van der Waals surface area contributed by atoms with E-state index in [9.17, 15) is 14.4 Å². The van der Waals surface area contributed by atoms with Gasteiger partial charge in [-0.3, -0.25) is 14.4 Å². The molecule has 5 atom stereocenters. The summed E-state index contributed by atoms with van der Waals surface area (Å²) in [5, 5.41) is 0. The van der Waals surface area contributed by atoms with Crippen LogP contribution in [0.1, 0.15) is 73.1 Å². The molecule has 0 amide bonds. The Balaban J connectivity index is 1.69. The van der Waals surface area contributed by atoms with Crippen LogP contribution in [0.4, 0.5) is 0 Å². The highest BCUT2D eigenvalue weighted by molar-refractivity contribution is 5.92. The van der Waals surface area contributed by atoms with Crippen molar-refractivity contribution in [1.29, 1.82) is 0 Å². The van der Waals surface area contributed by atoms with Crippen LogP contribution in [0.15, 0.2) is 34.9 Å². The number of fused-ring (bicyclic) bond motifs is 4. The average Bonchev–Trinajstić information content (AvgIpc) is 3.09. The molecule has 0 aliphatic heterocycles. The van der Waals surface area contributed by atoms with Gasteiger partial charge < -0.3 is 9.47 Å². The van der Waals surface area contributed by atoms with Crippen molar-refractivity contribution in [3.63, 3.8) is 0 Å².